The molecule has 0 aliphatic carbocycles. The van der Waals surface area contributed by atoms with Crippen molar-refractivity contribution in [1.29, 1.82) is 0 Å². The van der Waals surface area contributed by atoms with Gasteiger partial charge in [0.15, 0.2) is 6.61 Å². The molecule has 0 atom stereocenters. The van der Waals surface area contributed by atoms with Crippen molar-refractivity contribution >= 4 is 17.8 Å². The van der Waals surface area contributed by atoms with E-state index in [2.05, 4.69) is 5.32 Å². The molecule has 7 nitrogen and oxygen atoms in total. The van der Waals surface area contributed by atoms with E-state index in [1.807, 2.05) is 30.3 Å². The van der Waals surface area contributed by atoms with Crippen molar-refractivity contribution in [3.63, 3.8) is 0 Å². The van der Waals surface area contributed by atoms with Crippen molar-refractivity contribution in [2.45, 2.75) is 13.0 Å². The molecule has 2 rings (SSSR count). The summed E-state index contributed by atoms with van der Waals surface area (Å²) in [5, 5.41) is 2.52. The van der Waals surface area contributed by atoms with Gasteiger partial charge >= 0.3 is 5.97 Å². The summed E-state index contributed by atoms with van der Waals surface area (Å²) in [7, 11) is 0. The minimum Gasteiger partial charge on any atom is -0.484 e. The summed E-state index contributed by atoms with van der Waals surface area (Å²) in [6.45, 7) is -0.401. The molecule has 0 radical (unpaired) electrons. The molecule has 0 bridgehead atoms. The summed E-state index contributed by atoms with van der Waals surface area (Å²) in [4.78, 5) is 34.2. The van der Waals surface area contributed by atoms with E-state index in [1.165, 1.54) is 0 Å². The van der Waals surface area contributed by atoms with Crippen LogP contribution in [-0.2, 0) is 32.1 Å². The molecule has 3 N–H and O–H groups in total. The molecule has 2 amide bonds. The van der Waals surface area contributed by atoms with Crippen molar-refractivity contribution in [2.75, 3.05) is 13.2 Å². The third-order valence-corrected chi connectivity index (χ3v) is 3.32. The lowest BCUT2D eigenvalue weighted by Gasteiger charge is -2.08. The molecular weight excluding hydrogens is 336 g/mol. The summed E-state index contributed by atoms with van der Waals surface area (Å²) in [5.74, 6) is -0.925. The minimum atomic E-state index is -0.576. The number of carbonyl (C=O) groups is 3. The van der Waals surface area contributed by atoms with Gasteiger partial charge in [-0.1, -0.05) is 42.5 Å². The van der Waals surface area contributed by atoms with Crippen LogP contribution in [0.4, 0.5) is 0 Å². The number of carbonyl (C=O) groups excluding carboxylic acids is 3. The third-order valence-electron chi connectivity index (χ3n) is 3.32. The molecular formula is C19H20N2O5. The summed E-state index contributed by atoms with van der Waals surface area (Å²) >= 11 is 0. The monoisotopic (exact) mass is 356 g/mol. The van der Waals surface area contributed by atoms with E-state index in [-0.39, 0.29) is 32.1 Å². The first-order valence-electron chi connectivity index (χ1n) is 7.99. The molecule has 0 fully saturated rings. The van der Waals surface area contributed by atoms with Crippen molar-refractivity contribution < 1.29 is 23.9 Å². The zero-order chi connectivity index (χ0) is 18.8. The Morgan fingerprint density at radius 1 is 0.962 bits per heavy atom. The number of nitrogens with two attached hydrogens (primary N) is 1. The molecule has 26 heavy (non-hydrogen) atoms. The maximum Gasteiger partial charge on any atom is 0.325 e. The number of rotatable bonds is 9. The van der Waals surface area contributed by atoms with E-state index in [0.29, 0.717) is 11.3 Å². The normalized spacial score (nSPS) is 10.0. The molecule has 2 aromatic carbocycles. The highest BCUT2D eigenvalue weighted by molar-refractivity contribution is 5.83. The maximum absolute atomic E-state index is 11.8. The number of ether oxygens (including phenoxy) is 2. The number of hydrogen-bond acceptors (Lipinski definition) is 5. The molecule has 136 valence electrons. The van der Waals surface area contributed by atoms with Gasteiger partial charge in [-0.25, -0.2) is 0 Å². The molecule has 0 heterocycles. The van der Waals surface area contributed by atoms with Crippen molar-refractivity contribution in [3.05, 3.63) is 65.7 Å². The lowest BCUT2D eigenvalue weighted by molar-refractivity contribution is -0.145. The van der Waals surface area contributed by atoms with Crippen LogP contribution in [0.2, 0.25) is 0 Å². The van der Waals surface area contributed by atoms with Crippen LogP contribution in [0, 0.1) is 0 Å². The van der Waals surface area contributed by atoms with Crippen LogP contribution in [0.1, 0.15) is 11.1 Å². The quantitative estimate of drug-likeness (QED) is 0.651. The van der Waals surface area contributed by atoms with Gasteiger partial charge in [-0.2, -0.15) is 0 Å². The Balaban J connectivity index is 1.72. The van der Waals surface area contributed by atoms with Gasteiger partial charge in [0.2, 0.25) is 5.91 Å². The van der Waals surface area contributed by atoms with Gasteiger partial charge in [-0.05, 0) is 23.3 Å². The Hall–Kier alpha value is -3.35. The van der Waals surface area contributed by atoms with Crippen molar-refractivity contribution in [3.8, 4) is 5.75 Å². The van der Waals surface area contributed by atoms with E-state index >= 15 is 0 Å². The standard InChI is InChI=1S/C19H20N2O5/c20-17(22)13-25-16-8-4-7-15(9-16)12-26-19(24)11-21-18(23)10-14-5-2-1-3-6-14/h1-9H,10-13H2,(H2,20,22)(H,21,23). The average molecular weight is 356 g/mol. The van der Waals surface area contributed by atoms with Crippen LogP contribution in [0.15, 0.2) is 54.6 Å². The lowest BCUT2D eigenvalue weighted by Crippen LogP contribution is -2.31. The Kier molecular flexibility index (Phi) is 7.17. The first kappa shape index (κ1) is 19.0. The number of amides is 2. The first-order chi connectivity index (χ1) is 12.5. The zero-order valence-electron chi connectivity index (χ0n) is 14.1. The van der Waals surface area contributed by atoms with Crippen molar-refractivity contribution in [1.82, 2.24) is 5.32 Å². The van der Waals surface area contributed by atoms with E-state index in [9.17, 15) is 14.4 Å². The van der Waals surface area contributed by atoms with E-state index < -0.39 is 11.9 Å². The van der Waals surface area contributed by atoms with Crippen LogP contribution in [0.5, 0.6) is 5.75 Å². The lowest BCUT2D eigenvalue weighted by atomic mass is 10.1. The smallest absolute Gasteiger partial charge is 0.325 e. The van der Waals surface area contributed by atoms with Gasteiger partial charge in [0.25, 0.3) is 5.91 Å². The molecule has 7 heteroatoms. The molecule has 0 aliphatic heterocycles. The zero-order valence-corrected chi connectivity index (χ0v) is 14.1. The highest BCUT2D eigenvalue weighted by atomic mass is 16.5. The van der Waals surface area contributed by atoms with Crippen LogP contribution >= 0.6 is 0 Å². The topological polar surface area (TPSA) is 108 Å². The number of benzene rings is 2. The Bertz CT molecular complexity index is 762. The fraction of sp³-hybridized carbons (Fsp3) is 0.211. The number of primary amides is 1. The minimum absolute atomic E-state index is 0.0289. The molecule has 0 spiro atoms. The Labute approximate surface area is 151 Å². The molecule has 0 saturated carbocycles. The van der Waals surface area contributed by atoms with Crippen LogP contribution in [0.25, 0.3) is 0 Å². The largest absolute Gasteiger partial charge is 0.484 e. The van der Waals surface area contributed by atoms with Crippen LogP contribution in [0.3, 0.4) is 0 Å². The maximum atomic E-state index is 11.8. The van der Waals surface area contributed by atoms with Gasteiger partial charge < -0.3 is 20.5 Å². The van der Waals surface area contributed by atoms with Crippen LogP contribution < -0.4 is 15.8 Å². The second-order valence-corrected chi connectivity index (χ2v) is 5.50. The van der Waals surface area contributed by atoms with Gasteiger partial charge in [-0.15, -0.1) is 0 Å². The van der Waals surface area contributed by atoms with E-state index in [1.54, 1.807) is 24.3 Å². The van der Waals surface area contributed by atoms with E-state index in [0.717, 1.165) is 5.56 Å². The highest BCUT2D eigenvalue weighted by Crippen LogP contribution is 2.14. The second-order valence-electron chi connectivity index (χ2n) is 5.50. The number of nitrogens with one attached hydrogen (secondary N) is 1. The van der Waals surface area contributed by atoms with Crippen molar-refractivity contribution in [2.24, 2.45) is 5.73 Å². The highest BCUT2D eigenvalue weighted by Gasteiger charge is 2.08. The summed E-state index contributed by atoms with van der Waals surface area (Å²) in [6.07, 6.45) is 0.202. The summed E-state index contributed by atoms with van der Waals surface area (Å²) in [6, 6.07) is 16.0. The second kappa shape index (κ2) is 9.83. The van der Waals surface area contributed by atoms with Gasteiger partial charge in [-0.3, -0.25) is 14.4 Å². The van der Waals surface area contributed by atoms with E-state index in [4.69, 9.17) is 15.2 Å². The van der Waals surface area contributed by atoms with Gasteiger partial charge in [0, 0.05) is 0 Å². The first-order valence-corrected chi connectivity index (χ1v) is 7.99. The van der Waals surface area contributed by atoms with Gasteiger partial charge in [0.05, 0.1) is 6.42 Å². The predicted molar refractivity (Wildman–Crippen MR) is 94.1 cm³/mol. The molecule has 0 unspecified atom stereocenters. The molecule has 2 aromatic rings. The molecule has 0 aromatic heterocycles. The fourth-order valence-corrected chi connectivity index (χ4v) is 2.11. The van der Waals surface area contributed by atoms with Gasteiger partial charge in [0.1, 0.15) is 18.9 Å². The fourth-order valence-electron chi connectivity index (χ4n) is 2.11. The third kappa shape index (κ3) is 7.04. The SMILES string of the molecule is NC(=O)COc1cccc(COC(=O)CNC(=O)Cc2ccccc2)c1. The Morgan fingerprint density at radius 3 is 2.42 bits per heavy atom. The number of esters is 1. The molecule has 0 saturated heterocycles. The number of hydrogen-bond donors (Lipinski definition) is 2. The Morgan fingerprint density at radius 2 is 1.69 bits per heavy atom. The summed E-state index contributed by atoms with van der Waals surface area (Å²) in [5.41, 5.74) is 6.57. The summed E-state index contributed by atoms with van der Waals surface area (Å²) < 4.78 is 10.3. The van der Waals surface area contributed by atoms with Crippen LogP contribution in [-0.4, -0.2) is 30.9 Å². The average Bonchev–Trinajstić information content (AvgIpc) is 2.64. The molecule has 0 aliphatic rings. The predicted octanol–water partition coefficient (Wildman–Crippen LogP) is 0.953.